The molecule has 0 radical (unpaired) electrons. The fourth-order valence-electron chi connectivity index (χ4n) is 3.47. The Morgan fingerprint density at radius 2 is 1.97 bits per heavy atom. The summed E-state index contributed by atoms with van der Waals surface area (Å²) in [7, 11) is 0. The first-order valence-electron chi connectivity index (χ1n) is 10.7. The number of hydrogen-bond acceptors (Lipinski definition) is 5. The van der Waals surface area contributed by atoms with E-state index in [0.717, 1.165) is 25.7 Å². The van der Waals surface area contributed by atoms with Gasteiger partial charge in [0.25, 0.3) is 5.91 Å². The van der Waals surface area contributed by atoms with Gasteiger partial charge in [-0.2, -0.15) is 0 Å². The number of hydrazine groups is 1. The van der Waals surface area contributed by atoms with E-state index in [0.29, 0.717) is 30.2 Å². The summed E-state index contributed by atoms with van der Waals surface area (Å²) in [4.78, 5) is 38.8. The maximum atomic E-state index is 12.6. The predicted octanol–water partition coefficient (Wildman–Crippen LogP) is 3.05. The molecule has 2 aromatic rings. The summed E-state index contributed by atoms with van der Waals surface area (Å²) in [5.74, 6) is -0.381. The van der Waals surface area contributed by atoms with E-state index >= 15 is 0 Å². The van der Waals surface area contributed by atoms with Crippen molar-refractivity contribution in [3.63, 3.8) is 0 Å². The molecule has 31 heavy (non-hydrogen) atoms. The number of para-hydroxylation sites is 1. The Morgan fingerprint density at radius 3 is 2.74 bits per heavy atom. The molecule has 1 aliphatic heterocycles. The highest BCUT2D eigenvalue weighted by Gasteiger charge is 2.34. The summed E-state index contributed by atoms with van der Waals surface area (Å²) in [6.07, 6.45) is 5.94. The van der Waals surface area contributed by atoms with Crippen LogP contribution in [-0.2, 0) is 16.1 Å². The SMILES string of the molecule is CCCCCCOc1ccccc1C(=O)NNC(=O)C1CC(=O)N(Cc2ccco2)C1. The van der Waals surface area contributed by atoms with Gasteiger partial charge in [-0.1, -0.05) is 38.3 Å². The second kappa shape index (κ2) is 11.2. The van der Waals surface area contributed by atoms with E-state index in [-0.39, 0.29) is 18.9 Å². The van der Waals surface area contributed by atoms with Gasteiger partial charge in [-0.3, -0.25) is 25.2 Å². The summed E-state index contributed by atoms with van der Waals surface area (Å²) in [6.45, 7) is 3.28. The molecule has 166 valence electrons. The molecule has 2 heterocycles. The largest absolute Gasteiger partial charge is 0.493 e. The molecule has 2 N–H and O–H groups in total. The predicted molar refractivity (Wildman–Crippen MR) is 114 cm³/mol. The number of nitrogens with one attached hydrogen (secondary N) is 2. The summed E-state index contributed by atoms with van der Waals surface area (Å²) < 4.78 is 11.0. The molecule has 0 aliphatic carbocycles. The maximum Gasteiger partial charge on any atom is 0.273 e. The highest BCUT2D eigenvalue weighted by Crippen LogP contribution is 2.21. The lowest BCUT2D eigenvalue weighted by Gasteiger charge is -2.16. The van der Waals surface area contributed by atoms with Crippen LogP contribution in [0.2, 0.25) is 0 Å². The molecule has 0 spiro atoms. The minimum absolute atomic E-state index is 0.0971. The molecule has 3 amide bonds. The van der Waals surface area contributed by atoms with Crippen molar-refractivity contribution in [2.75, 3.05) is 13.2 Å². The normalized spacial score (nSPS) is 15.7. The fourth-order valence-corrected chi connectivity index (χ4v) is 3.47. The van der Waals surface area contributed by atoms with Gasteiger partial charge in [0.15, 0.2) is 0 Å². The number of ether oxygens (including phenoxy) is 1. The smallest absolute Gasteiger partial charge is 0.273 e. The Hall–Kier alpha value is -3.29. The highest BCUT2D eigenvalue weighted by molar-refractivity contribution is 5.98. The number of likely N-dealkylation sites (tertiary alicyclic amines) is 1. The Kier molecular flexibility index (Phi) is 8.09. The van der Waals surface area contributed by atoms with Gasteiger partial charge in [-0.15, -0.1) is 0 Å². The number of nitrogens with zero attached hydrogens (tertiary/aromatic N) is 1. The molecule has 1 unspecified atom stereocenters. The van der Waals surface area contributed by atoms with Crippen LogP contribution < -0.4 is 15.6 Å². The van der Waals surface area contributed by atoms with E-state index in [4.69, 9.17) is 9.15 Å². The van der Waals surface area contributed by atoms with Crippen molar-refractivity contribution in [1.82, 2.24) is 15.8 Å². The van der Waals surface area contributed by atoms with Crippen LogP contribution in [0.3, 0.4) is 0 Å². The van der Waals surface area contributed by atoms with Crippen LogP contribution in [0.4, 0.5) is 0 Å². The van der Waals surface area contributed by atoms with Gasteiger partial charge < -0.3 is 14.1 Å². The second-order valence-corrected chi connectivity index (χ2v) is 7.60. The first-order chi connectivity index (χ1) is 15.1. The molecule has 1 aromatic carbocycles. The van der Waals surface area contributed by atoms with Gasteiger partial charge in [0, 0.05) is 13.0 Å². The molecular formula is C23H29N3O5. The number of amides is 3. The Labute approximate surface area is 181 Å². The Morgan fingerprint density at radius 1 is 1.13 bits per heavy atom. The number of benzene rings is 1. The molecule has 0 bridgehead atoms. The molecule has 8 heteroatoms. The number of unbranched alkanes of at least 4 members (excludes halogenated alkanes) is 3. The van der Waals surface area contributed by atoms with Crippen molar-refractivity contribution in [3.8, 4) is 5.75 Å². The third-order valence-corrected chi connectivity index (χ3v) is 5.20. The van der Waals surface area contributed by atoms with Crippen LogP contribution in [0, 0.1) is 5.92 Å². The van der Waals surface area contributed by atoms with E-state index in [1.807, 2.05) is 0 Å². The van der Waals surface area contributed by atoms with Gasteiger partial charge >= 0.3 is 0 Å². The topological polar surface area (TPSA) is 101 Å². The number of furan rings is 1. The number of rotatable bonds is 10. The highest BCUT2D eigenvalue weighted by atomic mass is 16.5. The van der Waals surface area contributed by atoms with Crippen molar-refractivity contribution < 1.29 is 23.5 Å². The first kappa shape index (κ1) is 22.4. The van der Waals surface area contributed by atoms with Crippen molar-refractivity contribution >= 4 is 17.7 Å². The van der Waals surface area contributed by atoms with Crippen LogP contribution in [-0.4, -0.2) is 35.8 Å². The third kappa shape index (κ3) is 6.34. The van der Waals surface area contributed by atoms with Gasteiger partial charge in [0.1, 0.15) is 11.5 Å². The maximum absolute atomic E-state index is 12.6. The zero-order chi connectivity index (χ0) is 22.1. The van der Waals surface area contributed by atoms with Crippen molar-refractivity contribution in [1.29, 1.82) is 0 Å². The van der Waals surface area contributed by atoms with Gasteiger partial charge in [0.2, 0.25) is 11.8 Å². The molecule has 8 nitrogen and oxygen atoms in total. The van der Waals surface area contributed by atoms with E-state index in [1.54, 1.807) is 47.6 Å². The molecular weight excluding hydrogens is 398 g/mol. The zero-order valence-corrected chi connectivity index (χ0v) is 17.8. The lowest BCUT2D eigenvalue weighted by Crippen LogP contribution is -2.45. The summed E-state index contributed by atoms with van der Waals surface area (Å²) in [5, 5.41) is 0. The molecule has 1 saturated heterocycles. The molecule has 1 atom stereocenters. The van der Waals surface area contributed by atoms with Crippen LogP contribution in [0.15, 0.2) is 47.1 Å². The number of hydrogen-bond donors (Lipinski definition) is 2. The average molecular weight is 428 g/mol. The Bertz CT molecular complexity index is 881. The minimum atomic E-state index is -0.534. The van der Waals surface area contributed by atoms with Crippen molar-refractivity contribution in [2.24, 2.45) is 5.92 Å². The van der Waals surface area contributed by atoms with Crippen molar-refractivity contribution in [2.45, 2.75) is 45.6 Å². The van der Waals surface area contributed by atoms with Crippen molar-refractivity contribution in [3.05, 3.63) is 54.0 Å². The second-order valence-electron chi connectivity index (χ2n) is 7.60. The monoisotopic (exact) mass is 427 g/mol. The van der Waals surface area contributed by atoms with Crippen LogP contribution in [0.1, 0.15) is 55.1 Å². The average Bonchev–Trinajstić information content (AvgIpc) is 3.42. The lowest BCUT2D eigenvalue weighted by atomic mass is 10.1. The molecule has 1 fully saturated rings. The fraction of sp³-hybridized carbons (Fsp3) is 0.435. The number of carbonyl (C=O) groups is 3. The van der Waals surface area contributed by atoms with Crippen LogP contribution >= 0.6 is 0 Å². The van der Waals surface area contributed by atoms with Crippen LogP contribution in [0.25, 0.3) is 0 Å². The van der Waals surface area contributed by atoms with E-state index in [1.165, 1.54) is 0 Å². The lowest BCUT2D eigenvalue weighted by molar-refractivity contribution is -0.129. The summed E-state index contributed by atoms with van der Waals surface area (Å²) in [5.41, 5.74) is 5.22. The minimum Gasteiger partial charge on any atom is -0.493 e. The first-order valence-corrected chi connectivity index (χ1v) is 10.7. The van der Waals surface area contributed by atoms with Gasteiger partial charge in [-0.05, 0) is 30.7 Å². The zero-order valence-electron chi connectivity index (χ0n) is 17.8. The third-order valence-electron chi connectivity index (χ3n) is 5.20. The summed E-state index contributed by atoms with van der Waals surface area (Å²) in [6, 6.07) is 10.5. The van der Waals surface area contributed by atoms with Crippen LogP contribution in [0.5, 0.6) is 5.75 Å². The molecule has 1 aromatic heterocycles. The van der Waals surface area contributed by atoms with E-state index in [9.17, 15) is 14.4 Å². The molecule has 3 rings (SSSR count). The quantitative estimate of drug-likeness (QED) is 0.448. The molecule has 0 saturated carbocycles. The standard InChI is InChI=1S/C23H29N3O5/c1-2-3-4-7-12-31-20-11-6-5-10-19(20)23(29)25-24-22(28)17-14-21(27)26(15-17)16-18-9-8-13-30-18/h5-6,8-11,13,17H,2-4,7,12,14-16H2,1H3,(H,24,28)(H,25,29). The summed E-state index contributed by atoms with van der Waals surface area (Å²) >= 11 is 0. The molecule has 1 aliphatic rings. The van der Waals surface area contributed by atoms with Gasteiger partial charge in [-0.25, -0.2) is 0 Å². The Balaban J connectivity index is 1.48. The number of carbonyl (C=O) groups excluding carboxylic acids is 3. The van der Waals surface area contributed by atoms with E-state index < -0.39 is 17.7 Å². The van der Waals surface area contributed by atoms with Gasteiger partial charge in [0.05, 0.1) is 30.9 Å². The van der Waals surface area contributed by atoms with E-state index in [2.05, 4.69) is 17.8 Å².